The number of sulfonamides is 1. The summed E-state index contributed by atoms with van der Waals surface area (Å²) in [6.45, 7) is 7.03. The number of benzene rings is 1. The summed E-state index contributed by atoms with van der Waals surface area (Å²) in [5.41, 5.74) is 0.546. The number of hydrogen-bond acceptors (Lipinski definition) is 3. The normalized spacial score (nSPS) is 18.3. The van der Waals surface area contributed by atoms with Crippen molar-refractivity contribution in [3.8, 4) is 0 Å². The first-order valence-electron chi connectivity index (χ1n) is 6.97. The van der Waals surface area contributed by atoms with Crippen LogP contribution in [0.3, 0.4) is 0 Å². The first kappa shape index (κ1) is 16.7. The third-order valence-corrected chi connectivity index (χ3v) is 5.49. The van der Waals surface area contributed by atoms with Gasteiger partial charge in [0.2, 0.25) is 10.0 Å². The van der Waals surface area contributed by atoms with E-state index < -0.39 is 15.6 Å². The lowest BCUT2D eigenvalue weighted by molar-refractivity contribution is -0.0637. The Kier molecular flexibility index (Phi) is 4.69. The van der Waals surface area contributed by atoms with Crippen molar-refractivity contribution in [1.82, 2.24) is 4.72 Å². The average molecular weight is 332 g/mol. The number of nitrogens with one attached hydrogen (secondary N) is 1. The maximum atomic E-state index is 12.5. The fourth-order valence-electron chi connectivity index (χ4n) is 2.26. The lowest BCUT2D eigenvalue weighted by Crippen LogP contribution is -2.62. The van der Waals surface area contributed by atoms with E-state index >= 15 is 0 Å². The molecule has 2 rings (SSSR count). The number of hydrogen-bond donors (Lipinski definition) is 1. The van der Waals surface area contributed by atoms with Gasteiger partial charge in [-0.2, -0.15) is 0 Å². The summed E-state index contributed by atoms with van der Waals surface area (Å²) in [5.74, 6) is 0.398. The van der Waals surface area contributed by atoms with E-state index in [1.165, 1.54) is 0 Å². The van der Waals surface area contributed by atoms with Crippen molar-refractivity contribution in [2.24, 2.45) is 0 Å². The van der Waals surface area contributed by atoms with Crippen molar-refractivity contribution in [2.75, 3.05) is 19.1 Å². The molecule has 1 aromatic rings. The zero-order valence-corrected chi connectivity index (χ0v) is 14.2. The van der Waals surface area contributed by atoms with Gasteiger partial charge in [0.15, 0.2) is 0 Å². The van der Waals surface area contributed by atoms with E-state index in [2.05, 4.69) is 25.5 Å². The van der Waals surface area contributed by atoms with Crippen LogP contribution in [-0.2, 0) is 20.2 Å². The van der Waals surface area contributed by atoms with Gasteiger partial charge in [0.25, 0.3) is 0 Å². The van der Waals surface area contributed by atoms with Crippen molar-refractivity contribution < 1.29 is 13.2 Å². The predicted octanol–water partition coefficient (Wildman–Crippen LogP) is 2.66. The number of alkyl halides is 1. The van der Waals surface area contributed by atoms with E-state index in [1.54, 1.807) is 12.1 Å². The van der Waals surface area contributed by atoms with Crippen LogP contribution in [0, 0.1) is 0 Å². The molecule has 0 radical (unpaired) electrons. The average Bonchev–Trinajstić information content (AvgIpc) is 2.35. The highest BCUT2D eigenvalue weighted by Gasteiger charge is 2.41. The molecule has 21 heavy (non-hydrogen) atoms. The Morgan fingerprint density at radius 1 is 1.24 bits per heavy atom. The van der Waals surface area contributed by atoms with Crippen LogP contribution < -0.4 is 4.72 Å². The van der Waals surface area contributed by atoms with Crippen LogP contribution in [0.25, 0.3) is 0 Å². The second-order valence-electron chi connectivity index (χ2n) is 6.59. The van der Waals surface area contributed by atoms with Gasteiger partial charge in [-0.15, -0.1) is 11.6 Å². The third kappa shape index (κ3) is 3.77. The van der Waals surface area contributed by atoms with Crippen molar-refractivity contribution in [1.29, 1.82) is 0 Å². The van der Waals surface area contributed by atoms with E-state index in [0.717, 1.165) is 5.56 Å². The molecule has 1 fully saturated rings. The molecular weight excluding hydrogens is 310 g/mol. The lowest BCUT2D eigenvalue weighted by atomic mass is 9.87. The minimum atomic E-state index is -3.55. The van der Waals surface area contributed by atoms with Gasteiger partial charge >= 0.3 is 0 Å². The Morgan fingerprint density at radius 3 is 2.19 bits per heavy atom. The van der Waals surface area contributed by atoms with Crippen LogP contribution in [0.1, 0.15) is 32.8 Å². The molecule has 0 aromatic heterocycles. The topological polar surface area (TPSA) is 55.4 Å². The molecule has 1 aliphatic heterocycles. The van der Waals surface area contributed by atoms with Crippen LogP contribution in [0.4, 0.5) is 0 Å². The predicted molar refractivity (Wildman–Crippen MR) is 84.4 cm³/mol. The molecular formula is C15H22ClNO3S. The SMILES string of the molecule is CC(C)(C)c1ccc(S(=O)(=O)NC2(CCCl)COC2)cc1. The summed E-state index contributed by atoms with van der Waals surface area (Å²) >= 11 is 5.75. The molecule has 0 unspecified atom stereocenters. The van der Waals surface area contributed by atoms with Crippen molar-refractivity contribution >= 4 is 21.6 Å². The smallest absolute Gasteiger partial charge is 0.241 e. The van der Waals surface area contributed by atoms with Gasteiger partial charge in [-0.05, 0) is 29.5 Å². The van der Waals surface area contributed by atoms with Gasteiger partial charge in [-0.25, -0.2) is 13.1 Å². The van der Waals surface area contributed by atoms with Crippen molar-refractivity contribution in [3.05, 3.63) is 29.8 Å². The number of halogens is 1. The number of ether oxygens (including phenoxy) is 1. The molecule has 0 aliphatic carbocycles. The first-order chi connectivity index (χ1) is 9.69. The summed E-state index contributed by atoms with van der Waals surface area (Å²) in [6.07, 6.45) is 0.563. The molecule has 1 aliphatic rings. The molecule has 0 spiro atoms. The van der Waals surface area contributed by atoms with Gasteiger partial charge in [0.1, 0.15) is 0 Å². The zero-order valence-electron chi connectivity index (χ0n) is 12.6. The second-order valence-corrected chi connectivity index (χ2v) is 8.65. The Hall–Kier alpha value is -0.620. The fraction of sp³-hybridized carbons (Fsp3) is 0.600. The van der Waals surface area contributed by atoms with Gasteiger partial charge < -0.3 is 4.74 Å². The minimum absolute atomic E-state index is 0.00260. The van der Waals surface area contributed by atoms with Crippen molar-refractivity contribution in [2.45, 2.75) is 43.0 Å². The first-order valence-corrected chi connectivity index (χ1v) is 8.99. The standard InChI is InChI=1S/C15H22ClNO3S/c1-14(2,3)12-4-6-13(7-5-12)21(18,19)17-15(8-9-16)10-20-11-15/h4-7,17H,8-11H2,1-3H3. The van der Waals surface area contributed by atoms with Gasteiger partial charge in [-0.1, -0.05) is 32.9 Å². The van der Waals surface area contributed by atoms with Crippen LogP contribution in [0.5, 0.6) is 0 Å². The summed E-state index contributed by atoms with van der Waals surface area (Å²) in [6, 6.07) is 7.02. The van der Waals surface area contributed by atoms with E-state index in [4.69, 9.17) is 16.3 Å². The monoisotopic (exact) mass is 331 g/mol. The molecule has 4 nitrogen and oxygen atoms in total. The summed E-state index contributed by atoms with van der Waals surface area (Å²) < 4.78 is 32.8. The summed E-state index contributed by atoms with van der Waals surface area (Å²) in [5, 5.41) is 0. The van der Waals surface area contributed by atoms with Gasteiger partial charge in [0.05, 0.1) is 23.6 Å². The molecule has 0 atom stereocenters. The maximum Gasteiger partial charge on any atom is 0.241 e. The molecule has 1 aromatic carbocycles. The zero-order chi connectivity index (χ0) is 15.7. The Balaban J connectivity index is 2.20. The Bertz CT molecular complexity index is 586. The van der Waals surface area contributed by atoms with E-state index in [9.17, 15) is 8.42 Å². The fourth-order valence-corrected chi connectivity index (χ4v) is 4.03. The van der Waals surface area contributed by atoms with E-state index in [-0.39, 0.29) is 10.3 Å². The van der Waals surface area contributed by atoms with Crippen LogP contribution in [-0.4, -0.2) is 33.1 Å². The van der Waals surface area contributed by atoms with Crippen molar-refractivity contribution in [3.63, 3.8) is 0 Å². The van der Waals surface area contributed by atoms with Gasteiger partial charge in [0, 0.05) is 5.88 Å². The quantitative estimate of drug-likeness (QED) is 0.844. The van der Waals surface area contributed by atoms with Crippen LogP contribution in [0.15, 0.2) is 29.2 Å². The molecule has 0 bridgehead atoms. The summed E-state index contributed by atoms with van der Waals surface area (Å²) in [7, 11) is -3.55. The second kappa shape index (κ2) is 5.88. The molecule has 118 valence electrons. The molecule has 0 saturated carbocycles. The molecule has 0 amide bonds. The van der Waals surface area contributed by atoms with Crippen LogP contribution >= 0.6 is 11.6 Å². The molecule has 6 heteroatoms. The maximum absolute atomic E-state index is 12.5. The van der Waals surface area contributed by atoms with Crippen LogP contribution in [0.2, 0.25) is 0 Å². The molecule has 1 saturated heterocycles. The summed E-state index contributed by atoms with van der Waals surface area (Å²) in [4.78, 5) is 0.274. The number of rotatable bonds is 5. The van der Waals surface area contributed by atoms with E-state index in [1.807, 2.05) is 12.1 Å². The Morgan fingerprint density at radius 2 is 1.81 bits per heavy atom. The minimum Gasteiger partial charge on any atom is -0.377 e. The highest BCUT2D eigenvalue weighted by Crippen LogP contribution is 2.26. The Labute approximate surface area is 131 Å². The molecule has 1 N–H and O–H groups in total. The lowest BCUT2D eigenvalue weighted by Gasteiger charge is -2.41. The van der Waals surface area contributed by atoms with Gasteiger partial charge in [-0.3, -0.25) is 0 Å². The highest BCUT2D eigenvalue weighted by atomic mass is 35.5. The van der Waals surface area contributed by atoms with E-state index in [0.29, 0.717) is 25.5 Å². The molecule has 1 heterocycles. The largest absolute Gasteiger partial charge is 0.377 e. The third-order valence-electron chi connectivity index (χ3n) is 3.71. The highest BCUT2D eigenvalue weighted by molar-refractivity contribution is 7.89.